The van der Waals surface area contributed by atoms with Gasteiger partial charge in [-0.25, -0.2) is 4.98 Å². The molecule has 0 saturated heterocycles. The lowest BCUT2D eigenvalue weighted by atomic mass is 10.1. The van der Waals surface area contributed by atoms with Crippen LogP contribution in [0.25, 0.3) is 11.6 Å². The van der Waals surface area contributed by atoms with Crippen molar-refractivity contribution >= 4 is 23.0 Å². The Hall–Kier alpha value is -2.33. The number of aryl methyl sites for hydroxylation is 1. The summed E-state index contributed by atoms with van der Waals surface area (Å²) in [5.41, 5.74) is 1.76. The number of aromatic nitrogens is 1. The van der Waals surface area contributed by atoms with Gasteiger partial charge in [0, 0.05) is 11.1 Å². The first-order valence-electron chi connectivity index (χ1n) is 5.77. The largest absolute Gasteiger partial charge is 0.573 e. The first kappa shape index (κ1) is 15.1. The van der Waals surface area contributed by atoms with Crippen LogP contribution in [0.5, 0.6) is 5.75 Å². The maximum Gasteiger partial charge on any atom is 0.573 e. The summed E-state index contributed by atoms with van der Waals surface area (Å²) in [6.45, 7) is 1.82. The van der Waals surface area contributed by atoms with Crippen LogP contribution in [-0.2, 0) is 0 Å². The van der Waals surface area contributed by atoms with Crippen molar-refractivity contribution in [3.05, 3.63) is 45.9 Å². The van der Waals surface area contributed by atoms with Gasteiger partial charge >= 0.3 is 6.36 Å². The fraction of sp³-hybridized carbons (Fsp3) is 0.143. The predicted octanol–water partition coefficient (Wildman–Crippen LogP) is 4.41. The van der Waals surface area contributed by atoms with Gasteiger partial charge in [0.25, 0.3) is 0 Å². The van der Waals surface area contributed by atoms with Gasteiger partial charge < -0.3 is 4.74 Å². The van der Waals surface area contributed by atoms with Crippen molar-refractivity contribution in [3.8, 4) is 11.8 Å². The summed E-state index contributed by atoms with van der Waals surface area (Å²) in [7, 11) is 0. The molecule has 3 nitrogen and oxygen atoms in total. The average Bonchev–Trinajstić information content (AvgIpc) is 2.82. The van der Waals surface area contributed by atoms with Crippen molar-refractivity contribution in [1.29, 1.82) is 5.26 Å². The first-order valence-corrected chi connectivity index (χ1v) is 6.65. The van der Waals surface area contributed by atoms with Crippen LogP contribution in [0, 0.1) is 18.3 Å². The first-order chi connectivity index (χ1) is 9.87. The Bertz CT molecular complexity index is 696. The number of ether oxygens (including phenoxy) is 1. The normalized spacial score (nSPS) is 12.0. The van der Waals surface area contributed by atoms with Crippen LogP contribution in [0.2, 0.25) is 0 Å². The average molecular weight is 310 g/mol. The summed E-state index contributed by atoms with van der Waals surface area (Å²) in [4.78, 5) is 4.20. The minimum atomic E-state index is -4.71. The Labute approximate surface area is 122 Å². The highest BCUT2D eigenvalue weighted by molar-refractivity contribution is 7.11. The maximum atomic E-state index is 12.0. The molecule has 1 aromatic carbocycles. The molecule has 0 spiro atoms. The smallest absolute Gasteiger partial charge is 0.406 e. The molecule has 0 saturated carbocycles. The van der Waals surface area contributed by atoms with Gasteiger partial charge in [0.2, 0.25) is 0 Å². The van der Waals surface area contributed by atoms with E-state index in [1.54, 1.807) is 6.08 Å². The number of nitriles is 1. The van der Waals surface area contributed by atoms with Crippen molar-refractivity contribution < 1.29 is 17.9 Å². The topological polar surface area (TPSA) is 45.9 Å². The van der Waals surface area contributed by atoms with E-state index in [2.05, 4.69) is 9.72 Å². The van der Waals surface area contributed by atoms with E-state index in [4.69, 9.17) is 5.26 Å². The van der Waals surface area contributed by atoms with Gasteiger partial charge in [-0.15, -0.1) is 24.5 Å². The standard InChI is InChI=1S/C14H9F3N2OS/c1-9-8-21-13(19-9)11(7-18)6-10-2-4-12(5-3-10)20-14(15,16)17/h2-6,8H,1H3/b11-6-. The van der Waals surface area contributed by atoms with Crippen LogP contribution in [0.3, 0.4) is 0 Å². The zero-order valence-electron chi connectivity index (χ0n) is 10.8. The molecule has 7 heteroatoms. The van der Waals surface area contributed by atoms with Crippen molar-refractivity contribution in [1.82, 2.24) is 4.98 Å². The third-order valence-electron chi connectivity index (χ3n) is 2.39. The summed E-state index contributed by atoms with van der Waals surface area (Å²) < 4.78 is 39.9. The van der Waals surface area contributed by atoms with E-state index in [9.17, 15) is 13.2 Å². The molecule has 0 aliphatic heterocycles. The highest BCUT2D eigenvalue weighted by Gasteiger charge is 2.30. The Morgan fingerprint density at radius 1 is 1.33 bits per heavy atom. The van der Waals surface area contributed by atoms with Crippen LogP contribution in [0.1, 0.15) is 16.3 Å². The van der Waals surface area contributed by atoms with Crippen LogP contribution in [0.4, 0.5) is 13.2 Å². The molecule has 1 heterocycles. The van der Waals surface area contributed by atoms with Gasteiger partial charge in [0.15, 0.2) is 0 Å². The zero-order valence-corrected chi connectivity index (χ0v) is 11.6. The summed E-state index contributed by atoms with van der Waals surface area (Å²) in [6, 6.07) is 7.31. The maximum absolute atomic E-state index is 12.0. The summed E-state index contributed by atoms with van der Waals surface area (Å²) >= 11 is 1.34. The second-order valence-corrected chi connectivity index (χ2v) is 4.94. The van der Waals surface area contributed by atoms with Crippen LogP contribution < -0.4 is 4.74 Å². The number of benzene rings is 1. The third kappa shape index (κ3) is 4.33. The number of thiazole rings is 1. The lowest BCUT2D eigenvalue weighted by molar-refractivity contribution is -0.274. The van der Waals surface area contributed by atoms with E-state index in [0.717, 1.165) is 5.69 Å². The van der Waals surface area contributed by atoms with E-state index in [1.807, 2.05) is 18.4 Å². The fourth-order valence-corrected chi connectivity index (χ4v) is 2.32. The molecule has 0 bridgehead atoms. The van der Waals surface area contributed by atoms with E-state index in [1.165, 1.54) is 35.6 Å². The summed E-state index contributed by atoms with van der Waals surface area (Å²) in [5, 5.41) is 11.5. The van der Waals surface area contributed by atoms with Crippen molar-refractivity contribution in [2.75, 3.05) is 0 Å². The molecule has 108 valence electrons. The quantitative estimate of drug-likeness (QED) is 0.789. The second kappa shape index (κ2) is 5.97. The van der Waals surface area contributed by atoms with Gasteiger partial charge in [-0.2, -0.15) is 5.26 Å². The van der Waals surface area contributed by atoms with Crippen LogP contribution in [0.15, 0.2) is 29.6 Å². The highest BCUT2D eigenvalue weighted by Crippen LogP contribution is 2.25. The Kier molecular flexibility index (Phi) is 4.29. The van der Waals surface area contributed by atoms with Gasteiger partial charge in [-0.1, -0.05) is 12.1 Å². The predicted molar refractivity (Wildman–Crippen MR) is 73.5 cm³/mol. The highest BCUT2D eigenvalue weighted by atomic mass is 32.1. The SMILES string of the molecule is Cc1csc(/C(C#N)=C\c2ccc(OC(F)(F)F)cc2)n1. The molecule has 21 heavy (non-hydrogen) atoms. The minimum Gasteiger partial charge on any atom is -0.406 e. The van der Waals surface area contributed by atoms with E-state index in [0.29, 0.717) is 16.1 Å². The van der Waals surface area contributed by atoms with Crippen LogP contribution in [-0.4, -0.2) is 11.3 Å². The molecule has 0 atom stereocenters. The van der Waals surface area contributed by atoms with Crippen LogP contribution >= 0.6 is 11.3 Å². The molecule has 0 radical (unpaired) electrons. The molecule has 0 aliphatic rings. The third-order valence-corrected chi connectivity index (χ3v) is 3.39. The van der Waals surface area contributed by atoms with Gasteiger partial charge in [-0.05, 0) is 30.7 Å². The second-order valence-electron chi connectivity index (χ2n) is 4.08. The Balaban J connectivity index is 2.22. The Morgan fingerprint density at radius 3 is 2.48 bits per heavy atom. The van der Waals surface area contributed by atoms with Gasteiger partial charge in [0.05, 0.1) is 5.57 Å². The van der Waals surface area contributed by atoms with Gasteiger partial charge in [-0.3, -0.25) is 0 Å². The summed E-state index contributed by atoms with van der Waals surface area (Å²) in [6.07, 6.45) is -3.15. The number of hydrogen-bond acceptors (Lipinski definition) is 4. The lowest BCUT2D eigenvalue weighted by Gasteiger charge is -2.08. The van der Waals surface area contributed by atoms with Crippen molar-refractivity contribution in [3.63, 3.8) is 0 Å². The molecule has 0 fully saturated rings. The number of nitrogens with zero attached hydrogens (tertiary/aromatic N) is 2. The number of halogens is 3. The number of alkyl halides is 3. The summed E-state index contributed by atoms with van der Waals surface area (Å²) in [5.74, 6) is -0.303. The number of allylic oxidation sites excluding steroid dienone is 1. The molecular weight excluding hydrogens is 301 g/mol. The molecule has 0 unspecified atom stereocenters. The Morgan fingerprint density at radius 2 is 2.00 bits per heavy atom. The van der Waals surface area contributed by atoms with E-state index in [-0.39, 0.29) is 5.75 Å². The lowest BCUT2D eigenvalue weighted by Crippen LogP contribution is -2.16. The van der Waals surface area contributed by atoms with E-state index < -0.39 is 6.36 Å². The molecule has 0 N–H and O–H groups in total. The molecule has 1 aromatic heterocycles. The van der Waals surface area contributed by atoms with Crippen molar-refractivity contribution in [2.45, 2.75) is 13.3 Å². The zero-order chi connectivity index (χ0) is 15.5. The molecule has 2 aromatic rings. The van der Waals surface area contributed by atoms with Crippen molar-refractivity contribution in [2.24, 2.45) is 0 Å². The van der Waals surface area contributed by atoms with E-state index >= 15 is 0 Å². The number of hydrogen-bond donors (Lipinski definition) is 0. The fourth-order valence-electron chi connectivity index (χ4n) is 1.55. The molecule has 2 rings (SSSR count). The minimum absolute atomic E-state index is 0.303. The molecule has 0 aliphatic carbocycles. The van der Waals surface area contributed by atoms with Gasteiger partial charge in [0.1, 0.15) is 16.8 Å². The number of rotatable bonds is 3. The molecule has 0 amide bonds. The monoisotopic (exact) mass is 310 g/mol. The molecular formula is C14H9F3N2OS.